The maximum atomic E-state index is 8.42. The minimum atomic E-state index is 0.0108. The van der Waals surface area contributed by atoms with Crippen LogP contribution >= 0.6 is 0 Å². The second kappa shape index (κ2) is 7.60. The highest BCUT2D eigenvalue weighted by atomic mass is 14.3. The van der Waals surface area contributed by atoms with Crippen LogP contribution < -0.4 is 0 Å². The molecule has 0 aliphatic heterocycles. The largest absolute Gasteiger partial charge is 0.198 e. The summed E-state index contributed by atoms with van der Waals surface area (Å²) in [5.74, 6) is 0.0108. The van der Waals surface area contributed by atoms with Crippen molar-refractivity contribution < 1.29 is 0 Å². The van der Waals surface area contributed by atoms with Crippen molar-refractivity contribution in [1.29, 1.82) is 5.26 Å². The highest BCUT2D eigenvalue weighted by Crippen LogP contribution is 2.09. The Bertz CT molecular complexity index is 113. The molecule has 1 atom stereocenters. The summed E-state index contributed by atoms with van der Waals surface area (Å²) >= 11 is 0. The van der Waals surface area contributed by atoms with Gasteiger partial charge in [-0.1, -0.05) is 39.0 Å². The van der Waals surface area contributed by atoms with E-state index in [1.807, 2.05) is 0 Å². The molecule has 1 nitrogen and oxygen atoms in total. The molecule has 1 radical (unpaired) electrons. The average Bonchev–Trinajstić information content (AvgIpc) is 2.04. The van der Waals surface area contributed by atoms with Crippen LogP contribution in [0, 0.1) is 24.2 Å². The van der Waals surface area contributed by atoms with Crippen LogP contribution in [0.25, 0.3) is 0 Å². The highest BCUT2D eigenvalue weighted by Gasteiger charge is 1.97. The molecule has 0 aromatic heterocycles. The Morgan fingerprint density at radius 1 is 1.27 bits per heavy atom. The van der Waals surface area contributed by atoms with Crippen molar-refractivity contribution in [2.45, 2.75) is 45.4 Å². The number of unbranched alkanes of at least 4 members (excludes halogenated alkanes) is 4. The molecule has 0 aromatic rings. The third kappa shape index (κ3) is 7.39. The molecule has 0 aliphatic rings. The third-order valence-electron chi connectivity index (χ3n) is 1.84. The van der Waals surface area contributed by atoms with Crippen LogP contribution in [0.3, 0.4) is 0 Å². The molecule has 63 valence electrons. The van der Waals surface area contributed by atoms with E-state index in [1.165, 1.54) is 32.1 Å². The van der Waals surface area contributed by atoms with Crippen LogP contribution in [-0.4, -0.2) is 0 Å². The lowest BCUT2D eigenvalue weighted by Crippen LogP contribution is -1.89. The van der Waals surface area contributed by atoms with Gasteiger partial charge < -0.3 is 0 Å². The first-order valence-corrected chi connectivity index (χ1v) is 4.54. The second-order valence-corrected chi connectivity index (χ2v) is 3.03. The van der Waals surface area contributed by atoms with Crippen LogP contribution in [-0.2, 0) is 0 Å². The van der Waals surface area contributed by atoms with Gasteiger partial charge in [0.1, 0.15) is 0 Å². The molecule has 0 aromatic carbocycles. The van der Waals surface area contributed by atoms with Crippen molar-refractivity contribution in [2.24, 2.45) is 5.92 Å². The molecule has 0 heterocycles. The maximum Gasteiger partial charge on any atom is 0.0655 e. The lowest BCUT2D eigenvalue weighted by Gasteiger charge is -2.00. The SMILES string of the molecule is [CH2]C(C#N)CCCCCCC. The molecule has 0 bridgehead atoms. The van der Waals surface area contributed by atoms with Gasteiger partial charge in [0, 0.05) is 5.92 Å². The van der Waals surface area contributed by atoms with Crippen molar-refractivity contribution in [3.05, 3.63) is 6.92 Å². The molecule has 0 N–H and O–H groups in total. The van der Waals surface area contributed by atoms with E-state index < -0.39 is 0 Å². The Hall–Kier alpha value is -0.510. The van der Waals surface area contributed by atoms with E-state index in [4.69, 9.17) is 5.26 Å². The van der Waals surface area contributed by atoms with Gasteiger partial charge in [0.05, 0.1) is 6.07 Å². The van der Waals surface area contributed by atoms with Gasteiger partial charge in [-0.05, 0) is 13.3 Å². The van der Waals surface area contributed by atoms with E-state index in [0.29, 0.717) is 0 Å². The molecule has 0 rings (SSSR count). The summed E-state index contributed by atoms with van der Waals surface area (Å²) in [5.41, 5.74) is 0. The standard InChI is InChI=1S/C10H18N/c1-3-4-5-6-7-8-10(2)9-11/h10H,2-8H2,1H3. The van der Waals surface area contributed by atoms with E-state index in [0.717, 1.165) is 6.42 Å². The quantitative estimate of drug-likeness (QED) is 0.535. The first kappa shape index (κ1) is 10.5. The molecule has 0 saturated carbocycles. The van der Waals surface area contributed by atoms with Gasteiger partial charge in [-0.25, -0.2) is 0 Å². The molecular formula is C10H18N. The zero-order valence-corrected chi connectivity index (χ0v) is 7.47. The molecule has 1 unspecified atom stereocenters. The first-order chi connectivity index (χ1) is 5.31. The summed E-state index contributed by atoms with van der Waals surface area (Å²) in [4.78, 5) is 0. The number of nitrogens with zero attached hydrogens (tertiary/aromatic N) is 1. The molecule has 11 heavy (non-hydrogen) atoms. The van der Waals surface area contributed by atoms with Crippen molar-refractivity contribution in [3.63, 3.8) is 0 Å². The lowest BCUT2D eigenvalue weighted by atomic mass is 10.0. The Morgan fingerprint density at radius 3 is 2.45 bits per heavy atom. The molecule has 0 fully saturated rings. The number of rotatable bonds is 6. The smallest absolute Gasteiger partial charge is 0.0655 e. The molecule has 0 spiro atoms. The molecular weight excluding hydrogens is 134 g/mol. The van der Waals surface area contributed by atoms with Gasteiger partial charge in [-0.15, -0.1) is 0 Å². The van der Waals surface area contributed by atoms with Gasteiger partial charge in [-0.3, -0.25) is 0 Å². The van der Waals surface area contributed by atoms with Gasteiger partial charge in [-0.2, -0.15) is 5.26 Å². The molecule has 1 heteroatoms. The fraction of sp³-hybridized carbons (Fsp3) is 0.800. The fourth-order valence-electron chi connectivity index (χ4n) is 1.06. The molecule has 0 saturated heterocycles. The Labute approximate surface area is 70.4 Å². The van der Waals surface area contributed by atoms with Crippen molar-refractivity contribution in [2.75, 3.05) is 0 Å². The minimum absolute atomic E-state index is 0.0108. The van der Waals surface area contributed by atoms with E-state index >= 15 is 0 Å². The van der Waals surface area contributed by atoms with Gasteiger partial charge in [0.15, 0.2) is 0 Å². The van der Waals surface area contributed by atoms with Crippen molar-refractivity contribution >= 4 is 0 Å². The minimum Gasteiger partial charge on any atom is -0.198 e. The second-order valence-electron chi connectivity index (χ2n) is 3.03. The third-order valence-corrected chi connectivity index (χ3v) is 1.84. The molecule has 0 amide bonds. The Morgan fingerprint density at radius 2 is 1.91 bits per heavy atom. The maximum absolute atomic E-state index is 8.42. The van der Waals surface area contributed by atoms with Crippen molar-refractivity contribution in [3.8, 4) is 6.07 Å². The average molecular weight is 152 g/mol. The summed E-state index contributed by atoms with van der Waals surface area (Å²) in [6.45, 7) is 5.92. The normalized spacial score (nSPS) is 12.5. The van der Waals surface area contributed by atoms with Crippen LogP contribution in [0.2, 0.25) is 0 Å². The number of hydrogen-bond acceptors (Lipinski definition) is 1. The summed E-state index contributed by atoms with van der Waals surface area (Å²) in [7, 11) is 0. The topological polar surface area (TPSA) is 23.8 Å². The zero-order valence-electron chi connectivity index (χ0n) is 7.47. The van der Waals surface area contributed by atoms with Gasteiger partial charge in [0.2, 0.25) is 0 Å². The van der Waals surface area contributed by atoms with Gasteiger partial charge in [0.25, 0.3) is 0 Å². The monoisotopic (exact) mass is 152 g/mol. The van der Waals surface area contributed by atoms with E-state index in [-0.39, 0.29) is 5.92 Å². The fourth-order valence-corrected chi connectivity index (χ4v) is 1.06. The molecule has 0 aliphatic carbocycles. The zero-order chi connectivity index (χ0) is 8.53. The van der Waals surface area contributed by atoms with Gasteiger partial charge >= 0.3 is 0 Å². The van der Waals surface area contributed by atoms with Crippen LogP contribution in [0.4, 0.5) is 0 Å². The van der Waals surface area contributed by atoms with E-state index in [2.05, 4.69) is 19.9 Å². The predicted molar refractivity (Wildman–Crippen MR) is 47.8 cm³/mol. The number of nitriles is 1. The predicted octanol–water partition coefficient (Wildman–Crippen LogP) is 3.32. The lowest BCUT2D eigenvalue weighted by molar-refractivity contribution is 0.578. The van der Waals surface area contributed by atoms with Crippen LogP contribution in [0.5, 0.6) is 0 Å². The summed E-state index contributed by atoms with van der Waals surface area (Å²) in [6.07, 6.45) is 7.33. The number of hydrogen-bond donors (Lipinski definition) is 0. The Kier molecular flexibility index (Phi) is 7.24. The van der Waals surface area contributed by atoms with E-state index in [9.17, 15) is 0 Å². The first-order valence-electron chi connectivity index (χ1n) is 4.54. The summed E-state index contributed by atoms with van der Waals surface area (Å²) in [6, 6.07) is 2.14. The van der Waals surface area contributed by atoms with Crippen LogP contribution in [0.1, 0.15) is 45.4 Å². The van der Waals surface area contributed by atoms with Crippen molar-refractivity contribution in [1.82, 2.24) is 0 Å². The summed E-state index contributed by atoms with van der Waals surface area (Å²) in [5, 5.41) is 8.42. The Balaban J connectivity index is 2.97. The van der Waals surface area contributed by atoms with Crippen LogP contribution in [0.15, 0.2) is 0 Å². The van der Waals surface area contributed by atoms with E-state index in [1.54, 1.807) is 0 Å². The highest BCUT2D eigenvalue weighted by molar-refractivity contribution is 4.83. The summed E-state index contributed by atoms with van der Waals surface area (Å²) < 4.78 is 0.